The summed E-state index contributed by atoms with van der Waals surface area (Å²) in [7, 11) is -0.458. The second-order valence-corrected chi connectivity index (χ2v) is 20.0. The van der Waals surface area contributed by atoms with Crippen molar-refractivity contribution in [3.05, 3.63) is 122 Å². The number of rotatable bonds is 13. The third kappa shape index (κ3) is 11.1. The Labute approximate surface area is 369 Å². The Hall–Kier alpha value is -4.66. The van der Waals surface area contributed by atoms with Gasteiger partial charge in [0, 0.05) is 72.7 Å². The minimum Gasteiger partial charge on any atom is -0.456 e. The van der Waals surface area contributed by atoms with Crippen molar-refractivity contribution in [3.63, 3.8) is 0 Å². The Morgan fingerprint density at radius 1 is 0.918 bits per heavy atom. The molecule has 4 aromatic carbocycles. The molecule has 1 aliphatic heterocycles. The summed E-state index contributed by atoms with van der Waals surface area (Å²) in [5, 5.41) is 16.6. The van der Waals surface area contributed by atoms with Gasteiger partial charge in [-0.1, -0.05) is 60.8 Å². The van der Waals surface area contributed by atoms with Crippen LogP contribution in [0.3, 0.4) is 0 Å². The molecule has 2 aliphatic carbocycles. The van der Waals surface area contributed by atoms with Crippen LogP contribution in [0, 0.1) is 15.5 Å². The van der Waals surface area contributed by atoms with Crippen LogP contribution in [0.4, 0.5) is 17.1 Å². The maximum Gasteiger partial charge on any atom is 0.293 e. The first kappa shape index (κ1) is 44.4. The van der Waals surface area contributed by atoms with Gasteiger partial charge in [0.25, 0.3) is 21.6 Å². The van der Waals surface area contributed by atoms with Crippen LogP contribution in [0.25, 0.3) is 5.57 Å². The maximum absolute atomic E-state index is 13.9. The van der Waals surface area contributed by atoms with Gasteiger partial charge in [0.1, 0.15) is 17.2 Å². The summed E-state index contributed by atoms with van der Waals surface area (Å²) in [5.41, 5.74) is 4.96. The fourth-order valence-electron chi connectivity index (χ4n) is 8.68. The van der Waals surface area contributed by atoms with Crippen molar-refractivity contribution in [2.75, 3.05) is 57.0 Å². The van der Waals surface area contributed by atoms with E-state index in [1.165, 1.54) is 28.8 Å². The largest absolute Gasteiger partial charge is 0.456 e. The minimum atomic E-state index is -4.55. The molecule has 2 N–H and O–H groups in total. The summed E-state index contributed by atoms with van der Waals surface area (Å²) in [6.07, 6.45) is 6.75. The Morgan fingerprint density at radius 3 is 2.31 bits per heavy atom. The van der Waals surface area contributed by atoms with E-state index in [9.17, 15) is 23.3 Å². The SMILES string of the molecule is CN(C)C1CCC(Nc2ccc(S(=O)(=O)NC(=O)c3ccc(N4CCN(CC5=C(c6ccc(Cl)cc6)CC(C)(C)CC5)CC4)cc3Oc3cccc(Cl)c3)cc2[N+](=O)[O-])CC1. The zero-order valence-electron chi connectivity index (χ0n) is 35.1. The summed E-state index contributed by atoms with van der Waals surface area (Å²) < 4.78 is 35.7. The van der Waals surface area contributed by atoms with Crippen molar-refractivity contribution in [1.29, 1.82) is 0 Å². The number of sulfonamides is 1. The van der Waals surface area contributed by atoms with Gasteiger partial charge in [-0.15, -0.1) is 0 Å². The molecule has 15 heteroatoms. The molecule has 324 valence electrons. The molecule has 0 atom stereocenters. The van der Waals surface area contributed by atoms with E-state index in [4.69, 9.17) is 27.9 Å². The van der Waals surface area contributed by atoms with Crippen molar-refractivity contribution in [3.8, 4) is 11.5 Å². The van der Waals surface area contributed by atoms with Crippen LogP contribution in [0.2, 0.25) is 10.0 Å². The zero-order valence-corrected chi connectivity index (χ0v) is 37.5. The van der Waals surface area contributed by atoms with Gasteiger partial charge in [-0.3, -0.25) is 19.8 Å². The number of hydrogen-bond donors (Lipinski definition) is 2. The van der Waals surface area contributed by atoms with Crippen LogP contribution in [0.5, 0.6) is 11.5 Å². The minimum absolute atomic E-state index is 0.0165. The van der Waals surface area contributed by atoms with E-state index >= 15 is 0 Å². The molecule has 0 aromatic heterocycles. The summed E-state index contributed by atoms with van der Waals surface area (Å²) in [4.78, 5) is 31.9. The van der Waals surface area contributed by atoms with Gasteiger partial charge in [0.05, 0.1) is 15.4 Å². The number of anilines is 2. The van der Waals surface area contributed by atoms with E-state index in [1.807, 2.05) is 26.2 Å². The highest BCUT2D eigenvalue weighted by molar-refractivity contribution is 7.90. The van der Waals surface area contributed by atoms with Crippen LogP contribution in [0.1, 0.15) is 74.7 Å². The molecule has 7 rings (SSSR count). The normalized spacial score (nSPS) is 19.8. The molecule has 2 fully saturated rings. The number of ether oxygens (including phenoxy) is 1. The van der Waals surface area contributed by atoms with Crippen molar-refractivity contribution in [2.45, 2.75) is 75.8 Å². The first-order valence-corrected chi connectivity index (χ1v) is 23.1. The maximum atomic E-state index is 13.9. The standard InChI is InChI=1S/C46H54Cl2N6O6S/c1-46(2)21-20-32(41(29-46)31-8-10-33(47)11-9-31)30-52-22-24-53(25-23-52)37-16-18-40(44(27-37)60-38-7-5-6-34(48)26-38)45(55)50-61(58,59)39-17-19-42(43(28-39)54(56)57)49-35-12-14-36(15-13-35)51(3)4/h5-11,16-19,26-28,35-36,49H,12-15,20-25,29-30H2,1-4H3,(H,50,55). The number of allylic oxidation sites excluding steroid dienone is 1. The fourth-order valence-corrected chi connectivity index (χ4v) is 9.97. The average molecular weight is 890 g/mol. The van der Waals surface area contributed by atoms with Gasteiger partial charge in [-0.25, -0.2) is 13.1 Å². The van der Waals surface area contributed by atoms with Crippen molar-refractivity contribution in [1.82, 2.24) is 14.5 Å². The van der Waals surface area contributed by atoms with Crippen LogP contribution >= 0.6 is 23.2 Å². The Kier molecular flexibility index (Phi) is 13.7. The second-order valence-electron chi connectivity index (χ2n) is 17.4. The van der Waals surface area contributed by atoms with E-state index in [2.05, 4.69) is 50.7 Å². The lowest BCUT2D eigenvalue weighted by Crippen LogP contribution is -2.47. The Balaban J connectivity index is 1.07. The zero-order chi connectivity index (χ0) is 43.5. The summed E-state index contributed by atoms with van der Waals surface area (Å²) in [6, 6.07) is 24.1. The molecule has 0 bridgehead atoms. The van der Waals surface area contributed by atoms with E-state index in [-0.39, 0.29) is 34.1 Å². The van der Waals surface area contributed by atoms with Crippen molar-refractivity contribution >= 4 is 61.8 Å². The summed E-state index contributed by atoms with van der Waals surface area (Å²) >= 11 is 12.5. The third-order valence-corrected chi connectivity index (χ3v) is 14.1. The number of piperazine rings is 1. The lowest BCUT2D eigenvalue weighted by atomic mass is 9.72. The quantitative estimate of drug-likeness (QED) is 0.0986. The monoisotopic (exact) mass is 888 g/mol. The van der Waals surface area contributed by atoms with E-state index in [0.29, 0.717) is 16.8 Å². The number of benzene rings is 4. The van der Waals surface area contributed by atoms with Crippen molar-refractivity contribution in [2.24, 2.45) is 5.41 Å². The number of amides is 1. The predicted octanol–water partition coefficient (Wildman–Crippen LogP) is 9.88. The van der Waals surface area contributed by atoms with E-state index < -0.39 is 25.7 Å². The van der Waals surface area contributed by atoms with Gasteiger partial charge in [0.15, 0.2) is 0 Å². The molecule has 1 saturated heterocycles. The van der Waals surface area contributed by atoms with Gasteiger partial charge < -0.3 is 19.9 Å². The molecular weight excluding hydrogens is 836 g/mol. The van der Waals surface area contributed by atoms with E-state index in [1.54, 1.807) is 42.5 Å². The molecule has 1 saturated carbocycles. The molecular formula is C46H54Cl2N6O6S. The highest BCUT2D eigenvalue weighted by atomic mass is 35.5. The molecule has 1 amide bonds. The number of carbonyl (C=O) groups is 1. The molecule has 4 aromatic rings. The number of carbonyl (C=O) groups excluding carboxylic acids is 1. The van der Waals surface area contributed by atoms with Crippen LogP contribution in [-0.2, 0) is 10.0 Å². The van der Waals surface area contributed by atoms with Crippen LogP contribution in [0.15, 0.2) is 95.4 Å². The summed E-state index contributed by atoms with van der Waals surface area (Å²) in [5.74, 6) is -0.455. The van der Waals surface area contributed by atoms with Gasteiger partial charge in [-0.2, -0.15) is 0 Å². The lowest BCUT2D eigenvalue weighted by molar-refractivity contribution is -0.384. The van der Waals surface area contributed by atoms with Gasteiger partial charge >= 0.3 is 0 Å². The smallest absolute Gasteiger partial charge is 0.293 e. The first-order chi connectivity index (χ1) is 29.0. The number of halogens is 2. The fraction of sp³-hybridized carbons (Fsp3) is 0.413. The Morgan fingerprint density at radius 2 is 1.64 bits per heavy atom. The molecule has 61 heavy (non-hydrogen) atoms. The highest BCUT2D eigenvalue weighted by Gasteiger charge is 2.31. The molecule has 1 heterocycles. The molecule has 12 nitrogen and oxygen atoms in total. The topological polar surface area (TPSA) is 137 Å². The summed E-state index contributed by atoms with van der Waals surface area (Å²) in [6.45, 7) is 8.66. The Bertz CT molecular complexity index is 2390. The third-order valence-electron chi connectivity index (χ3n) is 12.3. The molecule has 0 spiro atoms. The number of nitrogens with one attached hydrogen (secondary N) is 2. The van der Waals surface area contributed by atoms with Gasteiger partial charge in [0.2, 0.25) is 0 Å². The van der Waals surface area contributed by atoms with Gasteiger partial charge in [-0.05, 0) is 130 Å². The van der Waals surface area contributed by atoms with Crippen LogP contribution < -0.4 is 19.7 Å². The molecule has 0 radical (unpaired) electrons. The molecule has 3 aliphatic rings. The van der Waals surface area contributed by atoms with Crippen molar-refractivity contribution < 1.29 is 22.9 Å². The predicted molar refractivity (Wildman–Crippen MR) is 244 cm³/mol. The lowest BCUT2D eigenvalue weighted by Gasteiger charge is -2.39. The second kappa shape index (κ2) is 18.8. The average Bonchev–Trinajstić information content (AvgIpc) is 3.22. The number of hydrogen-bond acceptors (Lipinski definition) is 10. The molecule has 0 unspecified atom stereocenters. The number of nitro groups is 1. The number of nitrogens with zero attached hydrogens (tertiary/aromatic N) is 4. The van der Waals surface area contributed by atoms with Crippen LogP contribution in [-0.4, -0.2) is 88.0 Å². The first-order valence-electron chi connectivity index (χ1n) is 20.8. The highest BCUT2D eigenvalue weighted by Crippen LogP contribution is 2.43. The number of nitro benzene ring substituents is 1. The van der Waals surface area contributed by atoms with E-state index in [0.717, 1.165) is 94.4 Å².